The Labute approximate surface area is 115 Å². The van der Waals surface area contributed by atoms with Gasteiger partial charge in [-0.05, 0) is 19.4 Å². The first kappa shape index (κ1) is 15.4. The first-order chi connectivity index (χ1) is 8.27. The molecule has 102 valence electrons. The number of nitrogens with one attached hydrogen (secondary N) is 1. The molecule has 1 aromatic rings. The van der Waals surface area contributed by atoms with Gasteiger partial charge in [0.1, 0.15) is 4.21 Å². The number of rotatable bonds is 5. The van der Waals surface area contributed by atoms with E-state index in [0.29, 0.717) is 17.7 Å². The van der Waals surface area contributed by atoms with Crippen LogP contribution < -0.4 is 5.32 Å². The molecule has 0 fully saturated rings. The predicted molar refractivity (Wildman–Crippen MR) is 70.9 cm³/mol. The monoisotopic (exact) mass is 311 g/mol. The Balaban J connectivity index is 2.86. The quantitative estimate of drug-likeness (QED) is 0.841. The van der Waals surface area contributed by atoms with Gasteiger partial charge >= 0.3 is 0 Å². The molecule has 0 aliphatic rings. The summed E-state index contributed by atoms with van der Waals surface area (Å²) in [5, 5.41) is 4.14. The van der Waals surface area contributed by atoms with Crippen LogP contribution in [-0.2, 0) is 13.8 Å². The Morgan fingerprint density at radius 3 is 2.67 bits per heavy atom. The van der Waals surface area contributed by atoms with Crippen LogP contribution in [0.1, 0.15) is 22.8 Å². The van der Waals surface area contributed by atoms with Crippen LogP contribution in [0.5, 0.6) is 0 Å². The van der Waals surface area contributed by atoms with Gasteiger partial charge < -0.3 is 10.1 Å². The van der Waals surface area contributed by atoms with Crippen LogP contribution in [0.15, 0.2) is 9.59 Å². The number of thiophene rings is 1. The molecular weight excluding hydrogens is 298 g/mol. The molecule has 1 rings (SSSR count). The van der Waals surface area contributed by atoms with E-state index in [1.807, 2.05) is 6.92 Å². The molecular formula is C10H14ClNO4S2. The fourth-order valence-electron chi connectivity index (χ4n) is 1.28. The summed E-state index contributed by atoms with van der Waals surface area (Å²) in [6.07, 6.45) is -0.107. The van der Waals surface area contributed by atoms with Crippen LogP contribution in [0.2, 0.25) is 0 Å². The number of methoxy groups -OCH3 is 1. The maximum Gasteiger partial charge on any atom is 0.271 e. The molecule has 0 aromatic carbocycles. The first-order valence-electron chi connectivity index (χ1n) is 5.11. The molecule has 0 aliphatic heterocycles. The van der Waals surface area contributed by atoms with Crippen molar-refractivity contribution in [2.75, 3.05) is 13.7 Å². The molecule has 0 radical (unpaired) electrons. The lowest BCUT2D eigenvalue weighted by Gasteiger charge is -2.10. The molecule has 18 heavy (non-hydrogen) atoms. The lowest BCUT2D eigenvalue weighted by atomic mass is 10.2. The predicted octanol–water partition coefficient (Wildman–Crippen LogP) is 1.75. The summed E-state index contributed by atoms with van der Waals surface area (Å²) in [7, 11) is 3.01. The molecule has 1 N–H and O–H groups in total. The third-order valence-electron chi connectivity index (χ3n) is 2.41. The maximum atomic E-state index is 11.8. The van der Waals surface area contributed by atoms with Crippen molar-refractivity contribution >= 4 is 37.0 Å². The Kier molecular flexibility index (Phi) is 5.15. The van der Waals surface area contributed by atoms with E-state index in [4.69, 9.17) is 15.4 Å². The standard InChI is InChI=1S/C10H14ClNO4S2/c1-6(16-3)4-12-9(13)8-5-17-10(7(8)2)18(11,14)15/h5-6H,4H2,1-3H3,(H,12,13). The van der Waals surface area contributed by atoms with Crippen LogP contribution >= 0.6 is 22.0 Å². The zero-order valence-corrected chi connectivity index (χ0v) is 12.6. The molecule has 0 saturated carbocycles. The molecule has 0 bridgehead atoms. The smallest absolute Gasteiger partial charge is 0.271 e. The van der Waals surface area contributed by atoms with Crippen LogP contribution in [0.25, 0.3) is 0 Å². The SMILES string of the molecule is COC(C)CNC(=O)c1csc(S(=O)(=O)Cl)c1C. The van der Waals surface area contributed by atoms with Crippen LogP contribution in [0.3, 0.4) is 0 Å². The van der Waals surface area contributed by atoms with Gasteiger partial charge in [0, 0.05) is 29.7 Å². The van der Waals surface area contributed by atoms with Crippen molar-refractivity contribution in [1.29, 1.82) is 0 Å². The minimum Gasteiger partial charge on any atom is -0.380 e. The van der Waals surface area contributed by atoms with Gasteiger partial charge in [-0.2, -0.15) is 0 Å². The Morgan fingerprint density at radius 1 is 1.61 bits per heavy atom. The number of hydrogen-bond acceptors (Lipinski definition) is 5. The zero-order valence-electron chi connectivity index (χ0n) is 10.2. The van der Waals surface area contributed by atoms with E-state index in [9.17, 15) is 13.2 Å². The van der Waals surface area contributed by atoms with Gasteiger partial charge in [0.15, 0.2) is 0 Å². The van der Waals surface area contributed by atoms with Gasteiger partial charge in [-0.25, -0.2) is 8.42 Å². The summed E-state index contributed by atoms with van der Waals surface area (Å²) < 4.78 is 27.5. The van der Waals surface area contributed by atoms with Crippen molar-refractivity contribution in [2.45, 2.75) is 24.2 Å². The summed E-state index contributed by atoms with van der Waals surface area (Å²) in [6.45, 7) is 3.73. The van der Waals surface area contributed by atoms with E-state index in [1.54, 1.807) is 14.0 Å². The van der Waals surface area contributed by atoms with Crippen molar-refractivity contribution in [3.05, 3.63) is 16.5 Å². The molecule has 5 nitrogen and oxygen atoms in total. The third kappa shape index (κ3) is 3.68. The summed E-state index contributed by atoms with van der Waals surface area (Å²) in [4.78, 5) is 11.8. The highest BCUT2D eigenvalue weighted by Gasteiger charge is 2.22. The van der Waals surface area contributed by atoms with E-state index in [1.165, 1.54) is 5.38 Å². The highest BCUT2D eigenvalue weighted by molar-refractivity contribution is 8.15. The lowest BCUT2D eigenvalue weighted by molar-refractivity contribution is 0.0870. The number of carbonyl (C=O) groups excluding carboxylic acids is 1. The third-order valence-corrected chi connectivity index (χ3v) is 5.72. The largest absolute Gasteiger partial charge is 0.380 e. The second-order valence-electron chi connectivity index (χ2n) is 3.76. The first-order valence-corrected chi connectivity index (χ1v) is 8.30. The number of carbonyl (C=O) groups is 1. The van der Waals surface area contributed by atoms with Gasteiger partial charge in [0.2, 0.25) is 0 Å². The van der Waals surface area contributed by atoms with Crippen molar-refractivity contribution in [2.24, 2.45) is 0 Å². The fourth-order valence-corrected chi connectivity index (χ4v) is 3.83. The van der Waals surface area contributed by atoms with Gasteiger partial charge in [-0.1, -0.05) is 0 Å². The maximum absolute atomic E-state index is 11.8. The van der Waals surface area contributed by atoms with E-state index in [-0.39, 0.29) is 16.2 Å². The van der Waals surface area contributed by atoms with Crippen molar-refractivity contribution in [3.8, 4) is 0 Å². The van der Waals surface area contributed by atoms with Crippen molar-refractivity contribution in [3.63, 3.8) is 0 Å². The minimum absolute atomic E-state index is 0.00843. The van der Waals surface area contributed by atoms with E-state index in [0.717, 1.165) is 11.3 Å². The average Bonchev–Trinajstić information content (AvgIpc) is 2.67. The Hall–Kier alpha value is -0.630. The van der Waals surface area contributed by atoms with Crippen LogP contribution in [0, 0.1) is 6.92 Å². The van der Waals surface area contributed by atoms with Gasteiger partial charge in [-0.15, -0.1) is 11.3 Å². The second-order valence-corrected chi connectivity index (χ2v) is 7.40. The molecule has 1 atom stereocenters. The minimum atomic E-state index is -3.80. The average molecular weight is 312 g/mol. The van der Waals surface area contributed by atoms with Crippen molar-refractivity contribution < 1.29 is 17.9 Å². The summed E-state index contributed by atoms with van der Waals surface area (Å²) in [6, 6.07) is 0. The van der Waals surface area contributed by atoms with Crippen LogP contribution in [0.4, 0.5) is 0 Å². The number of hydrogen-bond donors (Lipinski definition) is 1. The summed E-state index contributed by atoms with van der Waals surface area (Å²) >= 11 is 0.939. The second kappa shape index (κ2) is 6.01. The van der Waals surface area contributed by atoms with Gasteiger partial charge in [0.05, 0.1) is 11.7 Å². The number of halogens is 1. The molecule has 1 heterocycles. The lowest BCUT2D eigenvalue weighted by Crippen LogP contribution is -2.31. The molecule has 8 heteroatoms. The number of amides is 1. The highest BCUT2D eigenvalue weighted by Crippen LogP contribution is 2.29. The topological polar surface area (TPSA) is 72.5 Å². The van der Waals surface area contributed by atoms with Crippen molar-refractivity contribution in [1.82, 2.24) is 5.32 Å². The Bertz CT molecular complexity index is 538. The van der Waals surface area contributed by atoms with E-state index in [2.05, 4.69) is 5.32 Å². The molecule has 0 spiro atoms. The van der Waals surface area contributed by atoms with Gasteiger partial charge in [-0.3, -0.25) is 4.79 Å². The molecule has 0 aliphatic carbocycles. The summed E-state index contributed by atoms with van der Waals surface area (Å²) in [5.74, 6) is -0.334. The fraction of sp³-hybridized carbons (Fsp3) is 0.500. The van der Waals surface area contributed by atoms with E-state index < -0.39 is 9.05 Å². The van der Waals surface area contributed by atoms with Crippen LogP contribution in [-0.4, -0.2) is 34.1 Å². The highest BCUT2D eigenvalue weighted by atomic mass is 35.7. The molecule has 0 saturated heterocycles. The Morgan fingerprint density at radius 2 is 2.22 bits per heavy atom. The molecule has 1 aromatic heterocycles. The summed E-state index contributed by atoms with van der Waals surface area (Å²) in [5.41, 5.74) is 0.695. The number of ether oxygens (including phenoxy) is 1. The zero-order chi connectivity index (χ0) is 13.9. The molecule has 1 unspecified atom stereocenters. The van der Waals surface area contributed by atoms with Gasteiger partial charge in [0.25, 0.3) is 15.0 Å². The van der Waals surface area contributed by atoms with E-state index >= 15 is 0 Å². The normalized spacial score (nSPS) is 13.3. The molecule has 1 amide bonds.